The van der Waals surface area contributed by atoms with Crippen molar-refractivity contribution in [2.45, 2.75) is 32.9 Å². The summed E-state index contributed by atoms with van der Waals surface area (Å²) in [5, 5.41) is 16.4. The number of nitrogens with zero attached hydrogens (tertiary/aromatic N) is 5. The molecule has 28 heavy (non-hydrogen) atoms. The molecular weight excluding hydrogens is 352 g/mol. The average Bonchev–Trinajstić information content (AvgIpc) is 3.09. The molecule has 0 aliphatic rings. The summed E-state index contributed by atoms with van der Waals surface area (Å²) in [6.07, 6.45) is 1.75. The molecule has 0 amide bonds. The van der Waals surface area contributed by atoms with Crippen molar-refractivity contribution >= 4 is 11.5 Å². The fourth-order valence-electron chi connectivity index (χ4n) is 2.77. The Hall–Kier alpha value is -3.48. The zero-order valence-electron chi connectivity index (χ0n) is 16.1. The van der Waals surface area contributed by atoms with Crippen LogP contribution in [0.15, 0.2) is 60.8 Å². The highest BCUT2D eigenvalue weighted by Crippen LogP contribution is 2.19. The summed E-state index contributed by atoms with van der Waals surface area (Å²) < 4.78 is 7.58. The third-order valence-corrected chi connectivity index (χ3v) is 3.98. The smallest absolute Gasteiger partial charge is 0.214 e. The normalized spacial score (nSPS) is 11.5. The molecule has 142 valence electrons. The Bertz CT molecular complexity index is 1080. The fraction of sp³-hybridized carbons (Fsp3) is 0.238. The van der Waals surface area contributed by atoms with E-state index in [0.717, 1.165) is 16.9 Å². The van der Waals surface area contributed by atoms with Crippen molar-refractivity contribution in [1.82, 2.24) is 24.8 Å². The van der Waals surface area contributed by atoms with Gasteiger partial charge in [-0.15, -0.1) is 15.3 Å². The first kappa shape index (κ1) is 17.9. The second kappa shape index (κ2) is 7.26. The summed E-state index contributed by atoms with van der Waals surface area (Å²) in [4.78, 5) is 4.27. The lowest BCUT2D eigenvalue weighted by Crippen LogP contribution is -2.23. The van der Waals surface area contributed by atoms with Crippen molar-refractivity contribution in [3.63, 3.8) is 0 Å². The van der Waals surface area contributed by atoms with E-state index in [0.29, 0.717) is 23.9 Å². The quantitative estimate of drug-likeness (QED) is 0.569. The summed E-state index contributed by atoms with van der Waals surface area (Å²) >= 11 is 0. The molecule has 0 atom stereocenters. The van der Waals surface area contributed by atoms with Crippen LogP contribution in [-0.4, -0.2) is 30.4 Å². The van der Waals surface area contributed by atoms with Crippen molar-refractivity contribution in [2.24, 2.45) is 0 Å². The minimum atomic E-state index is -0.284. The minimum Gasteiger partial charge on any atom is -0.472 e. The first-order valence-electron chi connectivity index (χ1n) is 9.14. The second-order valence-corrected chi connectivity index (χ2v) is 7.45. The predicted molar refractivity (Wildman–Crippen MR) is 108 cm³/mol. The monoisotopic (exact) mass is 374 g/mol. The van der Waals surface area contributed by atoms with E-state index < -0.39 is 0 Å². The van der Waals surface area contributed by atoms with Gasteiger partial charge in [0.15, 0.2) is 11.5 Å². The number of anilines is 1. The number of hydrogen-bond acceptors (Lipinski definition) is 6. The Kier molecular flexibility index (Phi) is 4.65. The number of nitrogens with one attached hydrogen (secondary N) is 1. The van der Waals surface area contributed by atoms with Crippen molar-refractivity contribution in [3.8, 4) is 17.3 Å². The third kappa shape index (κ3) is 4.09. The zero-order chi connectivity index (χ0) is 19.6. The molecule has 1 N–H and O–H groups in total. The highest BCUT2D eigenvalue weighted by molar-refractivity contribution is 5.59. The third-order valence-electron chi connectivity index (χ3n) is 3.98. The van der Waals surface area contributed by atoms with Crippen LogP contribution in [0.1, 0.15) is 26.3 Å². The minimum absolute atomic E-state index is 0.284. The average molecular weight is 374 g/mol. The van der Waals surface area contributed by atoms with E-state index in [1.54, 1.807) is 10.7 Å². The van der Waals surface area contributed by atoms with E-state index in [-0.39, 0.29) is 5.60 Å². The highest BCUT2D eigenvalue weighted by Gasteiger charge is 2.13. The molecule has 3 aromatic heterocycles. The summed E-state index contributed by atoms with van der Waals surface area (Å²) in [7, 11) is 0. The molecule has 7 heteroatoms. The first-order chi connectivity index (χ1) is 13.5. The first-order valence-corrected chi connectivity index (χ1v) is 9.14. The lowest BCUT2D eigenvalue weighted by molar-refractivity contribution is 0.124. The van der Waals surface area contributed by atoms with Crippen LogP contribution in [0.2, 0.25) is 0 Å². The van der Waals surface area contributed by atoms with Gasteiger partial charge in [-0.1, -0.05) is 30.3 Å². The maximum absolute atomic E-state index is 5.83. The van der Waals surface area contributed by atoms with E-state index >= 15 is 0 Å². The van der Waals surface area contributed by atoms with Crippen LogP contribution < -0.4 is 10.1 Å². The molecule has 0 bridgehead atoms. The second-order valence-electron chi connectivity index (χ2n) is 7.45. The molecule has 0 radical (unpaired) electrons. The molecule has 4 aromatic rings. The Morgan fingerprint density at radius 2 is 1.82 bits per heavy atom. The van der Waals surface area contributed by atoms with Crippen LogP contribution in [0.4, 0.5) is 5.82 Å². The number of ether oxygens (including phenoxy) is 1. The summed E-state index contributed by atoms with van der Waals surface area (Å²) in [6.45, 7) is 6.61. The lowest BCUT2D eigenvalue weighted by atomic mass is 10.2. The Balaban J connectivity index is 1.54. The summed E-state index contributed by atoms with van der Waals surface area (Å²) in [6, 6.07) is 17.6. The van der Waals surface area contributed by atoms with E-state index in [2.05, 4.69) is 25.6 Å². The van der Waals surface area contributed by atoms with Gasteiger partial charge in [-0.3, -0.25) is 0 Å². The Labute approximate surface area is 163 Å². The summed E-state index contributed by atoms with van der Waals surface area (Å²) in [5.41, 5.74) is 2.45. The molecule has 0 aliphatic heterocycles. The number of hydrogen-bond donors (Lipinski definition) is 1. The molecule has 7 nitrogen and oxygen atoms in total. The number of aromatic nitrogens is 5. The van der Waals surface area contributed by atoms with E-state index in [9.17, 15) is 0 Å². The molecule has 0 aliphatic carbocycles. The largest absolute Gasteiger partial charge is 0.472 e. The highest BCUT2D eigenvalue weighted by atomic mass is 16.5. The van der Waals surface area contributed by atoms with Crippen molar-refractivity contribution in [2.75, 3.05) is 5.32 Å². The number of pyridine rings is 1. The molecule has 0 fully saturated rings. The molecule has 0 saturated carbocycles. The van der Waals surface area contributed by atoms with Crippen LogP contribution in [-0.2, 0) is 6.54 Å². The van der Waals surface area contributed by atoms with Gasteiger partial charge in [0, 0.05) is 24.4 Å². The standard InChI is InChI=1S/C21H22N6O/c1-21(2,3)28-19-13-15(11-12-22-19)14-23-17-9-10-18-24-25-20(27(18)26-17)16-7-5-4-6-8-16/h4-13H,14H2,1-3H3,(H,23,26). The van der Waals surface area contributed by atoms with Gasteiger partial charge in [0.25, 0.3) is 0 Å². The number of rotatable bonds is 5. The molecule has 0 saturated heterocycles. The summed E-state index contributed by atoms with van der Waals surface area (Å²) in [5.74, 6) is 2.06. The van der Waals surface area contributed by atoms with Crippen LogP contribution >= 0.6 is 0 Å². The van der Waals surface area contributed by atoms with Gasteiger partial charge < -0.3 is 10.1 Å². The molecule has 3 heterocycles. The van der Waals surface area contributed by atoms with Crippen LogP contribution in [0, 0.1) is 0 Å². The number of benzene rings is 1. The van der Waals surface area contributed by atoms with E-state index in [1.165, 1.54) is 0 Å². The maximum atomic E-state index is 5.83. The maximum Gasteiger partial charge on any atom is 0.214 e. The van der Waals surface area contributed by atoms with Crippen LogP contribution in [0.3, 0.4) is 0 Å². The predicted octanol–water partition coefficient (Wildman–Crippen LogP) is 3.98. The van der Waals surface area contributed by atoms with Crippen molar-refractivity contribution in [1.29, 1.82) is 0 Å². The van der Waals surface area contributed by atoms with Crippen molar-refractivity contribution < 1.29 is 4.74 Å². The van der Waals surface area contributed by atoms with Crippen LogP contribution in [0.25, 0.3) is 17.0 Å². The van der Waals surface area contributed by atoms with Gasteiger partial charge in [-0.05, 0) is 44.5 Å². The van der Waals surface area contributed by atoms with Gasteiger partial charge in [0.1, 0.15) is 11.4 Å². The van der Waals surface area contributed by atoms with Crippen molar-refractivity contribution in [3.05, 3.63) is 66.4 Å². The molecule has 4 rings (SSSR count). The van der Waals surface area contributed by atoms with Gasteiger partial charge in [-0.25, -0.2) is 4.98 Å². The van der Waals surface area contributed by atoms with E-state index in [1.807, 2.05) is 75.4 Å². The van der Waals surface area contributed by atoms with Gasteiger partial charge >= 0.3 is 0 Å². The molecular formula is C21H22N6O. The molecule has 1 aromatic carbocycles. The Morgan fingerprint density at radius 3 is 2.61 bits per heavy atom. The van der Waals surface area contributed by atoms with Crippen LogP contribution in [0.5, 0.6) is 5.88 Å². The SMILES string of the molecule is CC(C)(C)Oc1cc(CNc2ccc3nnc(-c4ccccc4)n3n2)ccn1. The van der Waals surface area contributed by atoms with Gasteiger partial charge in [0.05, 0.1) is 0 Å². The van der Waals surface area contributed by atoms with E-state index in [4.69, 9.17) is 4.74 Å². The fourth-order valence-corrected chi connectivity index (χ4v) is 2.77. The van der Waals surface area contributed by atoms with Gasteiger partial charge in [-0.2, -0.15) is 4.52 Å². The number of fused-ring (bicyclic) bond motifs is 1. The molecule has 0 spiro atoms. The molecule has 0 unspecified atom stereocenters. The lowest BCUT2D eigenvalue weighted by Gasteiger charge is -2.20. The topological polar surface area (TPSA) is 77.2 Å². The Morgan fingerprint density at radius 1 is 1.00 bits per heavy atom. The van der Waals surface area contributed by atoms with Gasteiger partial charge in [0.2, 0.25) is 5.88 Å². The zero-order valence-corrected chi connectivity index (χ0v) is 16.1.